The van der Waals surface area contributed by atoms with Crippen LogP contribution < -0.4 is 24.8 Å². The summed E-state index contributed by atoms with van der Waals surface area (Å²) >= 11 is 5.47. The van der Waals surface area contributed by atoms with Crippen molar-refractivity contribution in [2.45, 2.75) is 26.2 Å². The number of benzene rings is 2. The fourth-order valence-corrected chi connectivity index (χ4v) is 2.67. The molecule has 0 spiro atoms. The zero-order chi connectivity index (χ0) is 19.3. The standard InChI is InChI=1S/C20H26N2O3S/c1-20(2,3)13-7-10-17(24-5)16(11-13)22-19(26)21-15-9-8-14(23-4)12-18(15)25-6/h7-12H,1-6H3,(H2,21,22,26). The van der Waals surface area contributed by atoms with Gasteiger partial charge in [-0.05, 0) is 47.5 Å². The molecule has 6 heteroatoms. The van der Waals surface area contributed by atoms with Gasteiger partial charge in [0.1, 0.15) is 17.2 Å². The van der Waals surface area contributed by atoms with E-state index in [0.717, 1.165) is 17.1 Å². The molecule has 2 rings (SSSR count). The lowest BCUT2D eigenvalue weighted by Gasteiger charge is -2.22. The van der Waals surface area contributed by atoms with Crippen LogP contribution in [-0.4, -0.2) is 26.4 Å². The Labute approximate surface area is 160 Å². The van der Waals surface area contributed by atoms with Crippen LogP contribution in [0.4, 0.5) is 11.4 Å². The molecule has 0 aliphatic carbocycles. The highest BCUT2D eigenvalue weighted by molar-refractivity contribution is 7.80. The maximum Gasteiger partial charge on any atom is 0.175 e. The Hall–Kier alpha value is -2.47. The Morgan fingerprint density at radius 1 is 0.808 bits per heavy atom. The first kappa shape index (κ1) is 19.8. The molecule has 2 aromatic carbocycles. The lowest BCUT2D eigenvalue weighted by molar-refractivity contribution is 0.395. The molecule has 0 fully saturated rings. The van der Waals surface area contributed by atoms with E-state index in [1.807, 2.05) is 18.2 Å². The minimum atomic E-state index is 0.0248. The number of hydrogen-bond donors (Lipinski definition) is 2. The first-order valence-electron chi connectivity index (χ1n) is 8.27. The van der Waals surface area contributed by atoms with Gasteiger partial charge in [0.25, 0.3) is 0 Å². The molecule has 2 aromatic rings. The number of thiocarbonyl (C=S) groups is 1. The van der Waals surface area contributed by atoms with Crippen molar-refractivity contribution in [1.29, 1.82) is 0 Å². The first-order chi connectivity index (χ1) is 12.3. The van der Waals surface area contributed by atoms with Gasteiger partial charge >= 0.3 is 0 Å². The van der Waals surface area contributed by atoms with E-state index in [0.29, 0.717) is 16.6 Å². The number of rotatable bonds is 5. The number of anilines is 2. The summed E-state index contributed by atoms with van der Waals surface area (Å²) < 4.78 is 16.1. The third-order valence-corrected chi connectivity index (χ3v) is 4.17. The summed E-state index contributed by atoms with van der Waals surface area (Å²) in [5, 5.41) is 6.81. The molecule has 0 radical (unpaired) electrons. The van der Waals surface area contributed by atoms with E-state index >= 15 is 0 Å². The third kappa shape index (κ3) is 4.79. The molecular weight excluding hydrogens is 348 g/mol. The maximum atomic E-state index is 5.47. The van der Waals surface area contributed by atoms with Crippen LogP contribution in [0.25, 0.3) is 0 Å². The van der Waals surface area contributed by atoms with Gasteiger partial charge in [-0.1, -0.05) is 26.8 Å². The second-order valence-corrected chi connectivity index (χ2v) is 7.22. The van der Waals surface area contributed by atoms with Crippen LogP contribution in [0.15, 0.2) is 36.4 Å². The molecule has 0 aromatic heterocycles. The van der Waals surface area contributed by atoms with E-state index in [1.54, 1.807) is 27.4 Å². The molecule has 26 heavy (non-hydrogen) atoms. The summed E-state index contributed by atoms with van der Waals surface area (Å²) in [5.74, 6) is 2.08. The highest BCUT2D eigenvalue weighted by atomic mass is 32.1. The van der Waals surface area contributed by atoms with E-state index in [-0.39, 0.29) is 5.41 Å². The molecule has 0 aliphatic heterocycles. The van der Waals surface area contributed by atoms with Crippen molar-refractivity contribution in [3.05, 3.63) is 42.0 Å². The molecule has 0 atom stereocenters. The quantitative estimate of drug-likeness (QED) is 0.732. The maximum absolute atomic E-state index is 5.47. The molecule has 5 nitrogen and oxygen atoms in total. The summed E-state index contributed by atoms with van der Waals surface area (Å²) in [5.41, 5.74) is 2.77. The number of hydrogen-bond acceptors (Lipinski definition) is 4. The smallest absolute Gasteiger partial charge is 0.175 e. The summed E-state index contributed by atoms with van der Waals surface area (Å²) in [6.45, 7) is 6.49. The molecule has 0 saturated carbocycles. The molecule has 0 amide bonds. The first-order valence-corrected chi connectivity index (χ1v) is 8.68. The van der Waals surface area contributed by atoms with Crippen LogP contribution in [0.1, 0.15) is 26.3 Å². The average molecular weight is 375 g/mol. The van der Waals surface area contributed by atoms with E-state index in [4.69, 9.17) is 26.4 Å². The molecule has 0 aliphatic rings. The number of methoxy groups -OCH3 is 3. The second kappa shape index (κ2) is 8.27. The molecule has 0 heterocycles. The highest BCUT2D eigenvalue weighted by Gasteiger charge is 2.16. The van der Waals surface area contributed by atoms with Gasteiger partial charge in [-0.25, -0.2) is 0 Å². The van der Waals surface area contributed by atoms with Gasteiger partial charge in [-0.3, -0.25) is 0 Å². The average Bonchev–Trinajstić information content (AvgIpc) is 2.61. The van der Waals surface area contributed by atoms with Crippen molar-refractivity contribution >= 4 is 28.7 Å². The summed E-state index contributed by atoms with van der Waals surface area (Å²) in [4.78, 5) is 0. The van der Waals surface area contributed by atoms with E-state index in [1.165, 1.54) is 5.56 Å². The van der Waals surface area contributed by atoms with Gasteiger partial charge in [-0.15, -0.1) is 0 Å². The minimum Gasteiger partial charge on any atom is -0.497 e. The van der Waals surface area contributed by atoms with Crippen LogP contribution in [0.3, 0.4) is 0 Å². The predicted octanol–water partition coefficient (Wildman–Crippen LogP) is 4.82. The van der Waals surface area contributed by atoms with Crippen LogP contribution in [0, 0.1) is 0 Å². The fraction of sp³-hybridized carbons (Fsp3) is 0.350. The molecule has 0 bridgehead atoms. The number of ether oxygens (including phenoxy) is 3. The van der Waals surface area contributed by atoms with Crippen molar-refractivity contribution in [2.75, 3.05) is 32.0 Å². The summed E-state index contributed by atoms with van der Waals surface area (Å²) in [6.07, 6.45) is 0. The van der Waals surface area contributed by atoms with Crippen LogP contribution in [-0.2, 0) is 5.41 Å². The van der Waals surface area contributed by atoms with Crippen molar-refractivity contribution in [3.8, 4) is 17.2 Å². The minimum absolute atomic E-state index is 0.0248. The van der Waals surface area contributed by atoms with Gasteiger partial charge in [0.15, 0.2) is 5.11 Å². The zero-order valence-electron chi connectivity index (χ0n) is 16.1. The molecule has 0 saturated heterocycles. The van der Waals surface area contributed by atoms with Gasteiger partial charge in [0.05, 0.1) is 32.7 Å². The molecular formula is C20H26N2O3S. The van der Waals surface area contributed by atoms with E-state index < -0.39 is 0 Å². The van der Waals surface area contributed by atoms with Crippen molar-refractivity contribution < 1.29 is 14.2 Å². The van der Waals surface area contributed by atoms with E-state index in [9.17, 15) is 0 Å². The highest BCUT2D eigenvalue weighted by Crippen LogP contribution is 2.32. The molecule has 0 unspecified atom stereocenters. The van der Waals surface area contributed by atoms with Crippen LogP contribution in [0.2, 0.25) is 0 Å². The largest absolute Gasteiger partial charge is 0.497 e. The van der Waals surface area contributed by atoms with Gasteiger partial charge in [-0.2, -0.15) is 0 Å². The second-order valence-electron chi connectivity index (χ2n) is 6.81. The van der Waals surface area contributed by atoms with Gasteiger partial charge in [0.2, 0.25) is 0 Å². The normalized spacial score (nSPS) is 10.8. The van der Waals surface area contributed by atoms with E-state index in [2.05, 4.69) is 43.5 Å². The van der Waals surface area contributed by atoms with Crippen molar-refractivity contribution in [2.24, 2.45) is 0 Å². The summed E-state index contributed by atoms with van der Waals surface area (Å²) in [6, 6.07) is 11.6. The van der Waals surface area contributed by atoms with Crippen LogP contribution in [0.5, 0.6) is 17.2 Å². The Morgan fingerprint density at radius 2 is 1.46 bits per heavy atom. The topological polar surface area (TPSA) is 51.8 Å². The molecule has 140 valence electrons. The third-order valence-electron chi connectivity index (χ3n) is 3.97. The summed E-state index contributed by atoms with van der Waals surface area (Å²) in [7, 11) is 4.86. The lowest BCUT2D eigenvalue weighted by Crippen LogP contribution is -2.20. The van der Waals surface area contributed by atoms with Gasteiger partial charge < -0.3 is 24.8 Å². The predicted molar refractivity (Wildman–Crippen MR) is 111 cm³/mol. The zero-order valence-corrected chi connectivity index (χ0v) is 16.9. The SMILES string of the molecule is COc1ccc(NC(=S)Nc2cc(C(C)(C)C)ccc2OC)c(OC)c1. The Morgan fingerprint density at radius 3 is 2.04 bits per heavy atom. The lowest BCUT2D eigenvalue weighted by atomic mass is 9.87. The van der Waals surface area contributed by atoms with Crippen molar-refractivity contribution in [1.82, 2.24) is 0 Å². The van der Waals surface area contributed by atoms with Gasteiger partial charge in [0, 0.05) is 6.07 Å². The van der Waals surface area contributed by atoms with Crippen LogP contribution >= 0.6 is 12.2 Å². The Kier molecular flexibility index (Phi) is 6.32. The molecule has 2 N–H and O–H groups in total. The number of nitrogens with one attached hydrogen (secondary N) is 2. The fourth-order valence-electron chi connectivity index (χ4n) is 2.45. The Balaban J connectivity index is 2.22. The monoisotopic (exact) mass is 374 g/mol. The Bertz CT molecular complexity index is 785. The van der Waals surface area contributed by atoms with Crippen molar-refractivity contribution in [3.63, 3.8) is 0 Å².